The van der Waals surface area contributed by atoms with E-state index in [2.05, 4.69) is 0 Å². The Hall–Kier alpha value is -2.29. The monoisotopic (exact) mass is 282 g/mol. The topological polar surface area (TPSA) is 46.5 Å². The van der Waals surface area contributed by atoms with Gasteiger partial charge in [0.15, 0.2) is 0 Å². The lowest BCUT2D eigenvalue weighted by Crippen LogP contribution is -2.42. The first-order valence-corrected chi connectivity index (χ1v) is 7.13. The fraction of sp³-hybridized carbons (Fsp3) is 0.278. The smallest absolute Gasteiger partial charge is 0.314 e. The molecule has 1 aliphatic rings. The Balaban J connectivity index is 2.05. The van der Waals surface area contributed by atoms with Crippen molar-refractivity contribution in [1.29, 1.82) is 0 Å². The molecule has 3 nitrogen and oxygen atoms in total. The molecule has 0 aliphatic carbocycles. The Kier molecular flexibility index (Phi) is 3.42. The second-order valence-electron chi connectivity index (χ2n) is 5.64. The summed E-state index contributed by atoms with van der Waals surface area (Å²) in [5.74, 6) is -0.0860. The summed E-state index contributed by atoms with van der Waals surface area (Å²) in [6.45, 7) is 2.47. The normalized spacial score (nSPS) is 20.4. The van der Waals surface area contributed by atoms with E-state index in [9.17, 15) is 9.90 Å². The van der Waals surface area contributed by atoms with E-state index < -0.39 is 11.4 Å². The van der Waals surface area contributed by atoms with Crippen LogP contribution in [-0.2, 0) is 16.6 Å². The van der Waals surface area contributed by atoms with Crippen molar-refractivity contribution in [2.24, 2.45) is 0 Å². The summed E-state index contributed by atoms with van der Waals surface area (Å²) in [5.41, 5.74) is 2.10. The zero-order chi connectivity index (χ0) is 14.9. The highest BCUT2D eigenvalue weighted by Gasteiger charge is 2.44. The van der Waals surface area contributed by atoms with Crippen LogP contribution in [0.1, 0.15) is 23.1 Å². The lowest BCUT2D eigenvalue weighted by molar-refractivity contribution is -0.145. The molecule has 2 aromatic rings. The van der Waals surface area contributed by atoms with Crippen LogP contribution in [0.2, 0.25) is 0 Å². The van der Waals surface area contributed by atoms with Gasteiger partial charge in [0.25, 0.3) is 0 Å². The van der Waals surface area contributed by atoms with Crippen molar-refractivity contribution in [2.45, 2.75) is 25.2 Å². The third-order valence-electron chi connectivity index (χ3n) is 4.22. The van der Waals surface area contributed by atoms with Gasteiger partial charge in [-0.3, -0.25) is 4.79 Å². The molecule has 1 N–H and O–H groups in total. The van der Waals surface area contributed by atoms with Crippen LogP contribution in [0.25, 0.3) is 0 Å². The van der Waals surface area contributed by atoms with Gasteiger partial charge in [0.2, 0.25) is 0 Å². The highest BCUT2D eigenvalue weighted by atomic mass is 16.5. The molecule has 0 saturated carbocycles. The number of carboxylic acid groups (broad SMARTS) is 1. The second-order valence-corrected chi connectivity index (χ2v) is 5.64. The third kappa shape index (κ3) is 2.40. The lowest BCUT2D eigenvalue weighted by atomic mass is 9.72. The van der Waals surface area contributed by atoms with E-state index in [-0.39, 0.29) is 0 Å². The van der Waals surface area contributed by atoms with Gasteiger partial charge in [0.1, 0.15) is 11.2 Å². The summed E-state index contributed by atoms with van der Waals surface area (Å²) >= 11 is 0. The number of carboxylic acids is 1. The van der Waals surface area contributed by atoms with Crippen LogP contribution >= 0.6 is 0 Å². The molecule has 108 valence electrons. The SMILES string of the molecule is Cc1ccc(CC2(C(=O)O)CCOc3ccccc32)cc1. The number of benzene rings is 2. The molecular weight excluding hydrogens is 264 g/mol. The molecule has 0 aromatic heterocycles. The molecule has 0 bridgehead atoms. The summed E-state index contributed by atoms with van der Waals surface area (Å²) in [6.07, 6.45) is 0.982. The first kappa shape index (κ1) is 13.7. The molecule has 0 radical (unpaired) electrons. The van der Waals surface area contributed by atoms with E-state index in [1.807, 2.05) is 55.5 Å². The van der Waals surface area contributed by atoms with Gasteiger partial charge in [-0.2, -0.15) is 0 Å². The third-order valence-corrected chi connectivity index (χ3v) is 4.22. The van der Waals surface area contributed by atoms with Crippen LogP contribution in [0.3, 0.4) is 0 Å². The molecule has 0 saturated heterocycles. The lowest BCUT2D eigenvalue weighted by Gasteiger charge is -2.35. The molecule has 3 heteroatoms. The number of aryl methyl sites for hydroxylation is 1. The van der Waals surface area contributed by atoms with Crippen molar-refractivity contribution in [3.8, 4) is 5.75 Å². The molecule has 3 rings (SSSR count). The van der Waals surface area contributed by atoms with E-state index in [0.717, 1.165) is 11.1 Å². The number of ether oxygens (including phenoxy) is 1. The summed E-state index contributed by atoms with van der Waals surface area (Å²) in [5, 5.41) is 9.90. The maximum Gasteiger partial charge on any atom is 0.314 e. The molecular formula is C18H18O3. The van der Waals surface area contributed by atoms with Crippen LogP contribution in [0.4, 0.5) is 0 Å². The Morgan fingerprint density at radius 2 is 1.90 bits per heavy atom. The molecule has 21 heavy (non-hydrogen) atoms. The first-order chi connectivity index (χ1) is 10.1. The summed E-state index contributed by atoms with van der Waals surface area (Å²) in [6, 6.07) is 15.5. The van der Waals surface area contributed by atoms with Crippen molar-refractivity contribution in [3.63, 3.8) is 0 Å². The fourth-order valence-corrected chi connectivity index (χ4v) is 2.99. The molecule has 1 heterocycles. The minimum absolute atomic E-state index is 0.440. The standard InChI is InChI=1S/C18H18O3/c1-13-6-8-14(9-7-13)12-18(17(19)20)10-11-21-16-5-3-2-4-15(16)18/h2-9H,10-12H2,1H3,(H,19,20). The molecule has 0 spiro atoms. The van der Waals surface area contributed by atoms with E-state index in [1.54, 1.807) is 0 Å². The summed E-state index contributed by atoms with van der Waals surface area (Å²) in [4.78, 5) is 12.1. The van der Waals surface area contributed by atoms with Crippen molar-refractivity contribution in [1.82, 2.24) is 0 Å². The van der Waals surface area contributed by atoms with Gasteiger partial charge in [-0.05, 0) is 25.0 Å². The predicted octanol–water partition coefficient (Wildman–Crippen LogP) is 3.34. The number of hydrogen-bond acceptors (Lipinski definition) is 2. The molecule has 0 amide bonds. The van der Waals surface area contributed by atoms with Crippen LogP contribution in [0.5, 0.6) is 5.75 Å². The van der Waals surface area contributed by atoms with Gasteiger partial charge in [-0.1, -0.05) is 48.0 Å². The summed E-state index contributed by atoms with van der Waals surface area (Å²) < 4.78 is 5.62. The van der Waals surface area contributed by atoms with Crippen LogP contribution in [-0.4, -0.2) is 17.7 Å². The average Bonchev–Trinajstić information content (AvgIpc) is 2.50. The van der Waals surface area contributed by atoms with Crippen molar-refractivity contribution >= 4 is 5.97 Å². The van der Waals surface area contributed by atoms with E-state index in [4.69, 9.17) is 4.74 Å². The van der Waals surface area contributed by atoms with Crippen LogP contribution < -0.4 is 4.74 Å². The maximum atomic E-state index is 12.1. The number of hydrogen-bond donors (Lipinski definition) is 1. The average molecular weight is 282 g/mol. The molecule has 1 atom stereocenters. The number of aliphatic carboxylic acids is 1. The second kappa shape index (κ2) is 5.24. The van der Waals surface area contributed by atoms with Crippen molar-refractivity contribution in [3.05, 3.63) is 65.2 Å². The Labute approximate surface area is 124 Å². The maximum absolute atomic E-state index is 12.1. The number of carbonyl (C=O) groups is 1. The largest absolute Gasteiger partial charge is 0.493 e. The van der Waals surface area contributed by atoms with Gasteiger partial charge in [0, 0.05) is 12.0 Å². The Morgan fingerprint density at radius 1 is 1.19 bits per heavy atom. The zero-order valence-corrected chi connectivity index (χ0v) is 12.0. The number of fused-ring (bicyclic) bond motifs is 1. The summed E-state index contributed by atoms with van der Waals surface area (Å²) in [7, 11) is 0. The minimum Gasteiger partial charge on any atom is -0.493 e. The van der Waals surface area contributed by atoms with Gasteiger partial charge in [0.05, 0.1) is 6.61 Å². The first-order valence-electron chi connectivity index (χ1n) is 7.13. The molecule has 1 unspecified atom stereocenters. The minimum atomic E-state index is -0.899. The van der Waals surface area contributed by atoms with Gasteiger partial charge >= 0.3 is 5.97 Å². The predicted molar refractivity (Wildman–Crippen MR) is 80.8 cm³/mol. The van der Waals surface area contributed by atoms with Crippen molar-refractivity contribution < 1.29 is 14.6 Å². The van der Waals surface area contributed by atoms with Gasteiger partial charge < -0.3 is 9.84 Å². The molecule has 1 aliphatic heterocycles. The highest BCUT2D eigenvalue weighted by molar-refractivity contribution is 5.83. The number of rotatable bonds is 3. The van der Waals surface area contributed by atoms with Gasteiger partial charge in [-0.15, -0.1) is 0 Å². The number of para-hydroxylation sites is 1. The van der Waals surface area contributed by atoms with Crippen molar-refractivity contribution in [2.75, 3.05) is 6.61 Å². The van der Waals surface area contributed by atoms with Crippen LogP contribution in [0, 0.1) is 6.92 Å². The Bertz CT molecular complexity index is 660. The zero-order valence-electron chi connectivity index (χ0n) is 12.0. The van der Waals surface area contributed by atoms with E-state index >= 15 is 0 Å². The van der Waals surface area contributed by atoms with Crippen LogP contribution in [0.15, 0.2) is 48.5 Å². The van der Waals surface area contributed by atoms with E-state index in [0.29, 0.717) is 25.2 Å². The van der Waals surface area contributed by atoms with Gasteiger partial charge in [-0.25, -0.2) is 0 Å². The quantitative estimate of drug-likeness (QED) is 0.939. The Morgan fingerprint density at radius 3 is 2.62 bits per heavy atom. The fourth-order valence-electron chi connectivity index (χ4n) is 2.99. The molecule has 2 aromatic carbocycles. The highest BCUT2D eigenvalue weighted by Crippen LogP contribution is 2.41. The van der Waals surface area contributed by atoms with E-state index in [1.165, 1.54) is 5.56 Å². The molecule has 0 fully saturated rings.